The van der Waals surface area contributed by atoms with Gasteiger partial charge in [0.1, 0.15) is 4.60 Å². The van der Waals surface area contributed by atoms with Crippen LogP contribution < -0.4 is 0 Å². The van der Waals surface area contributed by atoms with Gasteiger partial charge in [-0.1, -0.05) is 13.0 Å². The van der Waals surface area contributed by atoms with Crippen molar-refractivity contribution in [2.75, 3.05) is 13.1 Å². The molecule has 0 spiro atoms. The van der Waals surface area contributed by atoms with Gasteiger partial charge in [-0.15, -0.1) is 6.58 Å². The first-order valence-corrected chi connectivity index (χ1v) is 6.00. The van der Waals surface area contributed by atoms with Crippen LogP contribution in [0.4, 0.5) is 0 Å². The minimum Gasteiger partial charge on any atom is -0.335 e. The largest absolute Gasteiger partial charge is 0.335 e. The zero-order valence-corrected chi connectivity index (χ0v) is 10.9. The second-order valence-corrected chi connectivity index (χ2v) is 4.22. The Morgan fingerprint density at radius 1 is 1.62 bits per heavy atom. The van der Waals surface area contributed by atoms with Gasteiger partial charge in [0.2, 0.25) is 0 Å². The van der Waals surface area contributed by atoms with Crippen LogP contribution in [0.1, 0.15) is 23.7 Å². The Morgan fingerprint density at radius 3 is 2.88 bits per heavy atom. The predicted molar refractivity (Wildman–Crippen MR) is 68.3 cm³/mol. The fourth-order valence-electron chi connectivity index (χ4n) is 1.39. The molecule has 0 saturated heterocycles. The maximum atomic E-state index is 12.1. The molecule has 0 unspecified atom stereocenters. The third-order valence-corrected chi connectivity index (χ3v) is 2.57. The van der Waals surface area contributed by atoms with E-state index in [-0.39, 0.29) is 5.91 Å². The average molecular weight is 283 g/mol. The maximum Gasteiger partial charge on any atom is 0.255 e. The number of pyridine rings is 1. The first kappa shape index (κ1) is 12.9. The lowest BCUT2D eigenvalue weighted by atomic mass is 10.2. The molecule has 0 aliphatic carbocycles. The number of carbonyl (C=O) groups excluding carboxylic acids is 1. The molecule has 0 atom stereocenters. The maximum absolute atomic E-state index is 12.1. The van der Waals surface area contributed by atoms with E-state index in [9.17, 15) is 4.79 Å². The summed E-state index contributed by atoms with van der Waals surface area (Å²) in [6.07, 6.45) is 4.25. The van der Waals surface area contributed by atoms with Crippen molar-refractivity contribution in [2.24, 2.45) is 0 Å². The Morgan fingerprint density at radius 2 is 2.38 bits per heavy atom. The fraction of sp³-hybridized carbons (Fsp3) is 0.333. The minimum absolute atomic E-state index is 0.00162. The van der Waals surface area contributed by atoms with Crippen molar-refractivity contribution in [1.29, 1.82) is 0 Å². The molecule has 16 heavy (non-hydrogen) atoms. The number of hydrogen-bond acceptors (Lipinski definition) is 2. The zero-order valence-electron chi connectivity index (χ0n) is 9.32. The van der Waals surface area contributed by atoms with E-state index < -0.39 is 0 Å². The standard InChI is InChI=1S/C12H15BrN2O/c1-3-7-15(8-4-2)12(16)10-5-6-11(13)14-9-10/h3,5-6,9H,1,4,7-8H2,2H3. The van der Waals surface area contributed by atoms with Crippen molar-refractivity contribution in [3.05, 3.63) is 41.2 Å². The van der Waals surface area contributed by atoms with Crippen molar-refractivity contribution in [1.82, 2.24) is 9.88 Å². The molecule has 0 bridgehead atoms. The lowest BCUT2D eigenvalue weighted by Crippen LogP contribution is -2.31. The summed E-state index contributed by atoms with van der Waals surface area (Å²) < 4.78 is 0.731. The van der Waals surface area contributed by atoms with Gasteiger partial charge in [-0.05, 0) is 34.5 Å². The highest BCUT2D eigenvalue weighted by atomic mass is 79.9. The van der Waals surface area contributed by atoms with Crippen molar-refractivity contribution in [2.45, 2.75) is 13.3 Å². The molecule has 0 aliphatic heterocycles. The van der Waals surface area contributed by atoms with Gasteiger partial charge in [0.05, 0.1) is 5.56 Å². The Balaban J connectivity index is 2.80. The Bertz CT molecular complexity index is 362. The number of hydrogen-bond donors (Lipinski definition) is 0. The Labute approximate surface area is 104 Å². The molecule has 0 saturated carbocycles. The van der Waals surface area contributed by atoms with E-state index in [1.54, 1.807) is 29.3 Å². The van der Waals surface area contributed by atoms with E-state index in [0.717, 1.165) is 17.6 Å². The van der Waals surface area contributed by atoms with E-state index in [4.69, 9.17) is 0 Å². The van der Waals surface area contributed by atoms with Crippen LogP contribution in [0.15, 0.2) is 35.6 Å². The first-order valence-electron chi connectivity index (χ1n) is 5.20. The van der Waals surface area contributed by atoms with E-state index in [1.807, 2.05) is 6.92 Å². The topological polar surface area (TPSA) is 33.2 Å². The molecule has 86 valence electrons. The van der Waals surface area contributed by atoms with Crippen molar-refractivity contribution >= 4 is 21.8 Å². The molecule has 1 amide bonds. The van der Waals surface area contributed by atoms with Crippen molar-refractivity contribution in [3.63, 3.8) is 0 Å². The number of halogens is 1. The van der Waals surface area contributed by atoms with Gasteiger partial charge in [0.25, 0.3) is 5.91 Å². The summed E-state index contributed by atoms with van der Waals surface area (Å²) in [5.41, 5.74) is 0.610. The molecule has 0 aliphatic rings. The van der Waals surface area contributed by atoms with Gasteiger partial charge in [-0.3, -0.25) is 4.79 Å². The van der Waals surface area contributed by atoms with Crippen LogP contribution in [0.25, 0.3) is 0 Å². The molecule has 0 N–H and O–H groups in total. The van der Waals surface area contributed by atoms with Crippen LogP contribution in [-0.2, 0) is 0 Å². The summed E-state index contributed by atoms with van der Waals surface area (Å²) in [7, 11) is 0. The van der Waals surface area contributed by atoms with Gasteiger partial charge in [-0.2, -0.15) is 0 Å². The second-order valence-electron chi connectivity index (χ2n) is 3.41. The molecule has 0 radical (unpaired) electrons. The van der Waals surface area contributed by atoms with Crippen LogP contribution in [0, 0.1) is 0 Å². The van der Waals surface area contributed by atoms with Gasteiger partial charge in [-0.25, -0.2) is 4.98 Å². The quantitative estimate of drug-likeness (QED) is 0.615. The Kier molecular flexibility index (Phi) is 5.19. The average Bonchev–Trinajstić information content (AvgIpc) is 2.29. The van der Waals surface area contributed by atoms with Gasteiger partial charge < -0.3 is 4.90 Å². The molecule has 0 aromatic carbocycles. The first-order chi connectivity index (χ1) is 7.69. The lowest BCUT2D eigenvalue weighted by molar-refractivity contribution is 0.0773. The van der Waals surface area contributed by atoms with Gasteiger partial charge in [0, 0.05) is 19.3 Å². The number of carbonyl (C=O) groups is 1. The molecule has 1 heterocycles. The van der Waals surface area contributed by atoms with E-state index >= 15 is 0 Å². The molecule has 0 fully saturated rings. The van der Waals surface area contributed by atoms with Crippen molar-refractivity contribution < 1.29 is 4.79 Å². The van der Waals surface area contributed by atoms with Crippen LogP contribution in [0.5, 0.6) is 0 Å². The number of rotatable bonds is 5. The smallest absolute Gasteiger partial charge is 0.255 e. The monoisotopic (exact) mass is 282 g/mol. The summed E-state index contributed by atoms with van der Waals surface area (Å²) in [5, 5.41) is 0. The zero-order chi connectivity index (χ0) is 12.0. The van der Waals surface area contributed by atoms with Crippen LogP contribution >= 0.6 is 15.9 Å². The molecule has 1 aromatic heterocycles. The number of nitrogens with zero attached hydrogens (tertiary/aromatic N) is 2. The van der Waals surface area contributed by atoms with Crippen LogP contribution in [0.2, 0.25) is 0 Å². The van der Waals surface area contributed by atoms with Gasteiger partial charge >= 0.3 is 0 Å². The van der Waals surface area contributed by atoms with Crippen molar-refractivity contribution in [3.8, 4) is 0 Å². The second kappa shape index (κ2) is 6.43. The number of aromatic nitrogens is 1. The van der Waals surface area contributed by atoms with E-state index in [1.165, 1.54) is 0 Å². The highest BCUT2D eigenvalue weighted by Crippen LogP contribution is 2.09. The lowest BCUT2D eigenvalue weighted by Gasteiger charge is -2.20. The van der Waals surface area contributed by atoms with Gasteiger partial charge in [0.15, 0.2) is 0 Å². The van der Waals surface area contributed by atoms with Crippen LogP contribution in [-0.4, -0.2) is 28.9 Å². The predicted octanol–water partition coefficient (Wildman–Crippen LogP) is 2.88. The fourth-order valence-corrected chi connectivity index (χ4v) is 1.62. The summed E-state index contributed by atoms with van der Waals surface area (Å²) in [6, 6.07) is 3.54. The summed E-state index contributed by atoms with van der Waals surface area (Å²) in [4.78, 5) is 17.9. The third kappa shape index (κ3) is 3.45. The van der Waals surface area contributed by atoms with E-state index in [0.29, 0.717) is 12.1 Å². The minimum atomic E-state index is 0.00162. The third-order valence-electron chi connectivity index (χ3n) is 2.10. The molecule has 3 nitrogen and oxygen atoms in total. The molecular weight excluding hydrogens is 268 g/mol. The summed E-state index contributed by atoms with van der Waals surface area (Å²) in [5.74, 6) is 0.00162. The highest BCUT2D eigenvalue weighted by molar-refractivity contribution is 9.10. The summed E-state index contributed by atoms with van der Waals surface area (Å²) >= 11 is 3.24. The molecule has 1 rings (SSSR count). The molecular formula is C12H15BrN2O. The highest BCUT2D eigenvalue weighted by Gasteiger charge is 2.13. The molecule has 1 aromatic rings. The summed E-state index contributed by atoms with van der Waals surface area (Å²) in [6.45, 7) is 7.01. The normalized spacial score (nSPS) is 9.88. The number of amides is 1. The molecule has 4 heteroatoms. The Hall–Kier alpha value is -1.16. The van der Waals surface area contributed by atoms with E-state index in [2.05, 4.69) is 27.5 Å². The van der Waals surface area contributed by atoms with Crippen LogP contribution in [0.3, 0.4) is 0 Å². The SMILES string of the molecule is C=CCN(CCC)C(=O)c1ccc(Br)nc1.